The van der Waals surface area contributed by atoms with Crippen LogP contribution >= 0.6 is 0 Å². The fourth-order valence-corrected chi connectivity index (χ4v) is 4.54. The highest BCUT2D eigenvalue weighted by atomic mass is 16.2. The summed E-state index contributed by atoms with van der Waals surface area (Å²) in [6.45, 7) is 8.91. The number of para-hydroxylation sites is 1. The fourth-order valence-electron chi connectivity index (χ4n) is 4.54. The number of carbonyl (C=O) groups excluding carboxylic acids is 1. The molecule has 180 valence electrons. The van der Waals surface area contributed by atoms with Crippen molar-refractivity contribution in [1.82, 2.24) is 14.5 Å². The van der Waals surface area contributed by atoms with Crippen molar-refractivity contribution in [2.45, 2.75) is 46.6 Å². The Morgan fingerprint density at radius 2 is 1.57 bits per heavy atom. The van der Waals surface area contributed by atoms with Crippen LogP contribution in [-0.4, -0.2) is 26.9 Å². The maximum Gasteiger partial charge on any atom is 0.266 e. The first-order chi connectivity index (χ1) is 16.9. The first-order valence-corrected chi connectivity index (χ1v) is 12.4. The number of aromatic nitrogens is 2. The first kappa shape index (κ1) is 24.4. The summed E-state index contributed by atoms with van der Waals surface area (Å²) >= 11 is 0. The summed E-state index contributed by atoms with van der Waals surface area (Å²) in [5.41, 5.74) is 3.11. The Balaban J connectivity index is 1.95. The van der Waals surface area contributed by atoms with Crippen LogP contribution in [-0.2, 0) is 6.42 Å². The van der Waals surface area contributed by atoms with Crippen molar-refractivity contribution in [2.24, 2.45) is 5.92 Å². The third kappa shape index (κ3) is 5.04. The Morgan fingerprint density at radius 3 is 2.20 bits per heavy atom. The van der Waals surface area contributed by atoms with E-state index in [9.17, 15) is 9.59 Å². The monoisotopic (exact) mass is 467 g/mol. The van der Waals surface area contributed by atoms with Gasteiger partial charge in [0, 0.05) is 12.1 Å². The van der Waals surface area contributed by atoms with Crippen molar-refractivity contribution in [3.8, 4) is 5.69 Å². The first-order valence-electron chi connectivity index (χ1n) is 12.4. The lowest BCUT2D eigenvalue weighted by molar-refractivity contribution is 0.0631. The Labute approximate surface area is 207 Å². The van der Waals surface area contributed by atoms with Crippen LogP contribution in [0, 0.1) is 5.92 Å². The molecule has 5 heteroatoms. The van der Waals surface area contributed by atoms with E-state index in [4.69, 9.17) is 4.98 Å². The van der Waals surface area contributed by atoms with E-state index in [1.165, 1.54) is 5.56 Å². The molecule has 0 saturated carbocycles. The van der Waals surface area contributed by atoms with Crippen LogP contribution < -0.4 is 5.56 Å². The molecule has 1 unspecified atom stereocenters. The summed E-state index contributed by atoms with van der Waals surface area (Å²) < 4.78 is 1.70. The molecule has 0 aliphatic rings. The van der Waals surface area contributed by atoms with E-state index >= 15 is 0 Å². The normalized spacial score (nSPS) is 12.1. The number of amides is 1. The van der Waals surface area contributed by atoms with E-state index in [2.05, 4.69) is 20.8 Å². The molecule has 0 bridgehead atoms. The van der Waals surface area contributed by atoms with Gasteiger partial charge < -0.3 is 4.90 Å². The lowest BCUT2D eigenvalue weighted by Crippen LogP contribution is -2.40. The van der Waals surface area contributed by atoms with E-state index in [0.717, 1.165) is 12.1 Å². The van der Waals surface area contributed by atoms with E-state index < -0.39 is 0 Å². The van der Waals surface area contributed by atoms with Gasteiger partial charge in [-0.2, -0.15) is 0 Å². The zero-order valence-electron chi connectivity index (χ0n) is 20.9. The molecule has 0 aliphatic carbocycles. The highest BCUT2D eigenvalue weighted by Crippen LogP contribution is 2.28. The molecule has 0 aliphatic heterocycles. The largest absolute Gasteiger partial charge is 0.328 e. The summed E-state index contributed by atoms with van der Waals surface area (Å²) in [5.74, 6) is 0.785. The minimum atomic E-state index is -0.367. The second-order valence-corrected chi connectivity index (χ2v) is 9.29. The van der Waals surface area contributed by atoms with Crippen molar-refractivity contribution in [2.75, 3.05) is 6.54 Å². The third-order valence-corrected chi connectivity index (χ3v) is 6.31. The fraction of sp³-hybridized carbons (Fsp3) is 0.300. The van der Waals surface area contributed by atoms with Gasteiger partial charge in [0.1, 0.15) is 5.82 Å². The highest BCUT2D eigenvalue weighted by Gasteiger charge is 2.30. The van der Waals surface area contributed by atoms with Crippen molar-refractivity contribution in [3.05, 3.63) is 106 Å². The average molecular weight is 468 g/mol. The zero-order valence-corrected chi connectivity index (χ0v) is 20.9. The zero-order chi connectivity index (χ0) is 24.9. The molecule has 1 heterocycles. The number of rotatable bonds is 8. The van der Waals surface area contributed by atoms with Gasteiger partial charge in [-0.15, -0.1) is 0 Å². The summed E-state index contributed by atoms with van der Waals surface area (Å²) in [5, 5.41) is 0.565. The number of hydrogen-bond donors (Lipinski definition) is 0. The second-order valence-electron chi connectivity index (χ2n) is 9.29. The Morgan fingerprint density at radius 1 is 0.914 bits per heavy atom. The van der Waals surface area contributed by atoms with Gasteiger partial charge in [0.15, 0.2) is 0 Å². The lowest BCUT2D eigenvalue weighted by atomic mass is 10.0. The molecule has 0 N–H and O–H groups in total. The quantitative estimate of drug-likeness (QED) is 0.310. The summed E-state index contributed by atoms with van der Waals surface area (Å²) in [7, 11) is 0. The Kier molecular flexibility index (Phi) is 7.45. The molecule has 35 heavy (non-hydrogen) atoms. The number of fused-ring (bicyclic) bond motifs is 1. The SMILES string of the molecule is CCc1ccc(-n2c(C(CC)N(CC(C)C)C(=O)c3ccccc3)nc3ccccc3c2=O)cc1. The van der Waals surface area contributed by atoms with Crippen molar-refractivity contribution < 1.29 is 4.79 Å². The van der Waals surface area contributed by atoms with Gasteiger partial charge in [0.2, 0.25) is 0 Å². The lowest BCUT2D eigenvalue weighted by Gasteiger charge is -2.33. The van der Waals surface area contributed by atoms with Crippen LogP contribution in [0.1, 0.15) is 61.9 Å². The number of hydrogen-bond acceptors (Lipinski definition) is 3. The smallest absolute Gasteiger partial charge is 0.266 e. The number of carbonyl (C=O) groups is 1. The topological polar surface area (TPSA) is 55.2 Å². The van der Waals surface area contributed by atoms with Crippen molar-refractivity contribution in [1.29, 1.82) is 0 Å². The molecule has 5 nitrogen and oxygen atoms in total. The van der Waals surface area contributed by atoms with Crippen LogP contribution in [0.3, 0.4) is 0 Å². The van der Waals surface area contributed by atoms with Crippen molar-refractivity contribution >= 4 is 16.8 Å². The van der Waals surface area contributed by atoms with Gasteiger partial charge in [-0.25, -0.2) is 4.98 Å². The van der Waals surface area contributed by atoms with E-state index in [1.807, 2.05) is 90.7 Å². The van der Waals surface area contributed by atoms with Crippen LogP contribution in [0.15, 0.2) is 83.7 Å². The predicted octanol–water partition coefficient (Wildman–Crippen LogP) is 6.20. The predicted molar refractivity (Wildman–Crippen MR) is 142 cm³/mol. The number of benzene rings is 3. The third-order valence-electron chi connectivity index (χ3n) is 6.31. The van der Waals surface area contributed by atoms with E-state index in [0.29, 0.717) is 35.3 Å². The standard InChI is InChI=1S/C30H33N3O2/c1-5-22-16-18-24(19-17-22)33-28(31-26-15-11-10-14-25(26)30(33)35)27(6-2)32(20-21(3)4)29(34)23-12-8-7-9-13-23/h7-19,21,27H,5-6,20H2,1-4H3. The van der Waals surface area contributed by atoms with Gasteiger partial charge in [0.25, 0.3) is 11.5 Å². The number of aryl methyl sites for hydroxylation is 1. The molecule has 0 spiro atoms. The molecule has 0 saturated heterocycles. The van der Waals surface area contributed by atoms with Gasteiger partial charge in [0.05, 0.1) is 22.6 Å². The maximum absolute atomic E-state index is 13.8. The molecule has 4 aromatic rings. The molecule has 1 atom stereocenters. The minimum Gasteiger partial charge on any atom is -0.328 e. The van der Waals surface area contributed by atoms with Gasteiger partial charge in [-0.3, -0.25) is 14.2 Å². The maximum atomic E-state index is 13.8. The van der Waals surface area contributed by atoms with Gasteiger partial charge >= 0.3 is 0 Å². The summed E-state index contributed by atoms with van der Waals surface area (Å²) in [6, 6.07) is 24.4. The Hall–Kier alpha value is -3.73. The van der Waals surface area contributed by atoms with Crippen LogP contribution in [0.25, 0.3) is 16.6 Å². The van der Waals surface area contributed by atoms with E-state index in [-0.39, 0.29) is 23.4 Å². The summed E-state index contributed by atoms with van der Waals surface area (Å²) in [4.78, 5) is 34.5. The second kappa shape index (κ2) is 10.7. The van der Waals surface area contributed by atoms with Crippen molar-refractivity contribution in [3.63, 3.8) is 0 Å². The number of nitrogens with zero attached hydrogens (tertiary/aromatic N) is 3. The molecule has 3 aromatic carbocycles. The van der Waals surface area contributed by atoms with Gasteiger partial charge in [-0.05, 0) is 60.7 Å². The molecule has 1 aromatic heterocycles. The van der Waals surface area contributed by atoms with Crippen LogP contribution in [0.2, 0.25) is 0 Å². The molecular weight excluding hydrogens is 434 g/mol. The molecule has 0 radical (unpaired) electrons. The molecular formula is C30H33N3O2. The minimum absolute atomic E-state index is 0.0542. The molecule has 4 rings (SSSR count). The van der Waals surface area contributed by atoms with Crippen LogP contribution in [0.5, 0.6) is 0 Å². The molecule has 1 amide bonds. The van der Waals surface area contributed by atoms with Crippen LogP contribution in [0.4, 0.5) is 0 Å². The average Bonchev–Trinajstić information content (AvgIpc) is 2.89. The summed E-state index contributed by atoms with van der Waals surface area (Å²) in [6.07, 6.45) is 1.55. The Bertz CT molecular complexity index is 1360. The van der Waals surface area contributed by atoms with E-state index in [1.54, 1.807) is 4.57 Å². The molecule has 0 fully saturated rings. The highest BCUT2D eigenvalue weighted by molar-refractivity contribution is 5.94. The van der Waals surface area contributed by atoms with Gasteiger partial charge in [-0.1, -0.05) is 70.2 Å².